The van der Waals surface area contributed by atoms with Crippen LogP contribution in [-0.2, 0) is 4.79 Å². The van der Waals surface area contributed by atoms with Crippen molar-refractivity contribution in [2.45, 2.75) is 0 Å². The zero-order valence-corrected chi connectivity index (χ0v) is 20.6. The van der Waals surface area contributed by atoms with Crippen molar-refractivity contribution >= 4 is 50.5 Å². The third-order valence-corrected chi connectivity index (χ3v) is 6.84. The molecule has 1 aliphatic heterocycles. The normalized spacial score (nSPS) is 14.9. The molecule has 0 spiro atoms. The Morgan fingerprint density at radius 2 is 1.92 bits per heavy atom. The number of anilines is 4. The van der Waals surface area contributed by atoms with Gasteiger partial charge in [0, 0.05) is 23.1 Å². The number of rotatable bonds is 7. The fourth-order valence-electron chi connectivity index (χ4n) is 3.93. The van der Waals surface area contributed by atoms with Gasteiger partial charge in [0.2, 0.25) is 17.7 Å². The Labute approximate surface area is 212 Å². The second-order valence-corrected chi connectivity index (χ2v) is 9.63. The van der Waals surface area contributed by atoms with Gasteiger partial charge in [-0.05, 0) is 53.9 Å². The monoisotopic (exact) mass is 502 g/mol. The van der Waals surface area contributed by atoms with Gasteiger partial charge in [0.1, 0.15) is 10.4 Å². The van der Waals surface area contributed by atoms with Crippen LogP contribution in [0, 0.1) is 5.21 Å². The standard InChI is InChI=1S/C26H26N6O3S/c1-3-23(33)27-19-5-4-6-21(17-19)35-25-24-22(11-16-36-24)29-26(30-25)28-18-7-9-20(10-8-18)31-12-14-32(2,34)15-13-31/h3-11,16-17H,1,12-15H2,2H3,(H,27,33)(H,28,29,30). The van der Waals surface area contributed by atoms with Crippen LogP contribution < -0.4 is 20.3 Å². The molecule has 5 rings (SSSR count). The van der Waals surface area contributed by atoms with Crippen molar-refractivity contribution < 1.29 is 14.2 Å². The summed E-state index contributed by atoms with van der Waals surface area (Å²) in [6, 6.07) is 17.0. The highest BCUT2D eigenvalue weighted by atomic mass is 32.1. The van der Waals surface area contributed by atoms with Gasteiger partial charge >= 0.3 is 0 Å². The van der Waals surface area contributed by atoms with Gasteiger partial charge in [-0.1, -0.05) is 12.6 Å². The molecule has 3 heterocycles. The minimum atomic E-state index is -0.296. The van der Waals surface area contributed by atoms with E-state index in [2.05, 4.69) is 32.1 Å². The number of carbonyl (C=O) groups excluding carboxylic acids is 1. The Morgan fingerprint density at radius 1 is 1.14 bits per heavy atom. The summed E-state index contributed by atoms with van der Waals surface area (Å²) in [5.74, 6) is 1.08. The first-order valence-corrected chi connectivity index (χ1v) is 12.4. The van der Waals surface area contributed by atoms with E-state index in [1.807, 2.05) is 35.7 Å². The number of aromatic nitrogens is 2. The first kappa shape index (κ1) is 23.7. The molecular weight excluding hydrogens is 476 g/mol. The van der Waals surface area contributed by atoms with Crippen LogP contribution in [0.5, 0.6) is 11.6 Å². The van der Waals surface area contributed by atoms with Gasteiger partial charge in [-0.15, -0.1) is 11.3 Å². The van der Waals surface area contributed by atoms with Crippen LogP contribution in [0.15, 0.2) is 72.6 Å². The number of hydroxylamine groups is 3. The van der Waals surface area contributed by atoms with Crippen LogP contribution in [0.2, 0.25) is 0 Å². The van der Waals surface area contributed by atoms with E-state index in [-0.39, 0.29) is 10.6 Å². The van der Waals surface area contributed by atoms with Gasteiger partial charge in [0.15, 0.2) is 0 Å². The van der Waals surface area contributed by atoms with Crippen molar-refractivity contribution in [1.82, 2.24) is 9.97 Å². The molecule has 36 heavy (non-hydrogen) atoms. The topological polar surface area (TPSA) is 102 Å². The molecule has 2 aromatic heterocycles. The number of hydrogen-bond acceptors (Lipinski definition) is 8. The Kier molecular flexibility index (Phi) is 6.55. The molecule has 2 N–H and O–H groups in total. The summed E-state index contributed by atoms with van der Waals surface area (Å²) in [6.45, 7) is 6.12. The van der Waals surface area contributed by atoms with E-state index in [1.54, 1.807) is 31.3 Å². The lowest BCUT2D eigenvalue weighted by Gasteiger charge is -2.45. The molecule has 0 saturated carbocycles. The highest BCUT2D eigenvalue weighted by Crippen LogP contribution is 2.34. The number of amides is 1. The fourth-order valence-corrected chi connectivity index (χ4v) is 4.69. The Morgan fingerprint density at radius 3 is 2.67 bits per heavy atom. The largest absolute Gasteiger partial charge is 0.633 e. The van der Waals surface area contributed by atoms with Gasteiger partial charge < -0.3 is 30.1 Å². The first-order valence-electron chi connectivity index (χ1n) is 11.5. The Balaban J connectivity index is 1.33. The van der Waals surface area contributed by atoms with E-state index in [0.717, 1.165) is 34.7 Å². The number of piperazine rings is 1. The molecule has 1 saturated heterocycles. The minimum Gasteiger partial charge on any atom is -0.633 e. The molecule has 10 heteroatoms. The van der Waals surface area contributed by atoms with Crippen LogP contribution in [0.1, 0.15) is 0 Å². The smallest absolute Gasteiger partial charge is 0.247 e. The SMILES string of the molecule is C=CC(=O)Nc1cccc(Oc2nc(Nc3ccc(N4CC[N+](C)([O-])CC4)cc3)nc3ccsc23)c1. The highest BCUT2D eigenvalue weighted by molar-refractivity contribution is 7.17. The van der Waals surface area contributed by atoms with Crippen LogP contribution in [0.4, 0.5) is 23.0 Å². The molecule has 0 radical (unpaired) electrons. The predicted molar refractivity (Wildman–Crippen MR) is 144 cm³/mol. The molecule has 1 amide bonds. The van der Waals surface area contributed by atoms with Gasteiger partial charge in [-0.3, -0.25) is 4.79 Å². The lowest BCUT2D eigenvalue weighted by Crippen LogP contribution is -2.53. The van der Waals surface area contributed by atoms with Crippen LogP contribution in [0.25, 0.3) is 10.2 Å². The zero-order valence-electron chi connectivity index (χ0n) is 19.8. The first-order chi connectivity index (χ1) is 17.4. The Hall–Kier alpha value is -3.99. The van der Waals surface area contributed by atoms with Crippen LogP contribution in [0.3, 0.4) is 0 Å². The molecule has 184 valence electrons. The number of thiophene rings is 1. The second-order valence-electron chi connectivity index (χ2n) is 8.71. The van der Waals surface area contributed by atoms with Gasteiger partial charge in [-0.2, -0.15) is 4.98 Å². The summed E-state index contributed by atoms with van der Waals surface area (Å²) in [5.41, 5.74) is 3.30. The summed E-state index contributed by atoms with van der Waals surface area (Å²) < 4.78 is 6.75. The summed E-state index contributed by atoms with van der Waals surface area (Å²) in [4.78, 5) is 23.1. The summed E-state index contributed by atoms with van der Waals surface area (Å²) in [7, 11) is 1.73. The number of quaternary nitrogens is 1. The molecule has 1 aliphatic rings. The quantitative estimate of drug-likeness (QED) is 0.206. The maximum Gasteiger partial charge on any atom is 0.247 e. The van der Waals surface area contributed by atoms with Crippen LogP contribution in [-0.4, -0.2) is 53.7 Å². The van der Waals surface area contributed by atoms with Crippen molar-refractivity contribution in [1.29, 1.82) is 0 Å². The highest BCUT2D eigenvalue weighted by Gasteiger charge is 2.21. The van der Waals surface area contributed by atoms with Crippen molar-refractivity contribution in [2.24, 2.45) is 0 Å². The maximum absolute atomic E-state index is 12.1. The number of nitrogens with one attached hydrogen (secondary N) is 2. The fraction of sp³-hybridized carbons (Fsp3) is 0.192. The molecule has 0 aliphatic carbocycles. The second kappa shape index (κ2) is 9.94. The van der Waals surface area contributed by atoms with Gasteiger partial charge in [0.25, 0.3) is 0 Å². The molecule has 1 fully saturated rings. The molecule has 9 nitrogen and oxygen atoms in total. The number of nitrogens with zero attached hydrogens (tertiary/aromatic N) is 4. The van der Waals surface area contributed by atoms with E-state index in [4.69, 9.17) is 4.74 Å². The van der Waals surface area contributed by atoms with E-state index < -0.39 is 0 Å². The predicted octanol–water partition coefficient (Wildman–Crippen LogP) is 5.12. The van der Waals surface area contributed by atoms with Crippen molar-refractivity contribution in [3.63, 3.8) is 0 Å². The molecular formula is C26H26N6O3S. The van der Waals surface area contributed by atoms with Crippen molar-refractivity contribution in [3.05, 3.63) is 77.8 Å². The average Bonchev–Trinajstić information content (AvgIpc) is 3.34. The number of fused-ring (bicyclic) bond motifs is 1. The third-order valence-electron chi connectivity index (χ3n) is 5.95. The molecule has 0 atom stereocenters. The van der Waals surface area contributed by atoms with E-state index >= 15 is 0 Å². The molecule has 2 aromatic carbocycles. The minimum absolute atomic E-state index is 0.184. The summed E-state index contributed by atoms with van der Waals surface area (Å²) in [6.07, 6.45) is 1.21. The number of likely N-dealkylation sites (N-methyl/N-ethyl adjacent to an activating group) is 1. The number of carbonyl (C=O) groups is 1. The molecule has 0 unspecified atom stereocenters. The molecule has 4 aromatic rings. The number of benzene rings is 2. The summed E-state index contributed by atoms with van der Waals surface area (Å²) in [5, 5.41) is 20.0. The van der Waals surface area contributed by atoms with E-state index in [9.17, 15) is 10.0 Å². The number of hydrogen-bond donors (Lipinski definition) is 2. The third kappa shape index (κ3) is 5.46. The van der Waals surface area contributed by atoms with Gasteiger partial charge in [0.05, 0.1) is 38.7 Å². The van der Waals surface area contributed by atoms with E-state index in [1.165, 1.54) is 17.4 Å². The lowest BCUT2D eigenvalue weighted by atomic mass is 10.2. The Bertz CT molecular complexity index is 1390. The van der Waals surface area contributed by atoms with Crippen LogP contribution >= 0.6 is 11.3 Å². The average molecular weight is 503 g/mol. The van der Waals surface area contributed by atoms with Crippen molar-refractivity contribution in [3.8, 4) is 11.6 Å². The lowest BCUT2D eigenvalue weighted by molar-refractivity contribution is -0.861. The van der Waals surface area contributed by atoms with Crippen molar-refractivity contribution in [2.75, 3.05) is 48.8 Å². The maximum atomic E-state index is 12.1. The van der Waals surface area contributed by atoms with E-state index in [0.29, 0.717) is 36.4 Å². The van der Waals surface area contributed by atoms with Gasteiger partial charge in [-0.25, -0.2) is 4.98 Å². The number of ether oxygens (including phenoxy) is 1. The summed E-state index contributed by atoms with van der Waals surface area (Å²) >= 11 is 1.49. The zero-order chi connectivity index (χ0) is 25.1. The molecule has 0 bridgehead atoms.